The number of nitrogens with two attached hydrogens (primary N) is 1. The molecule has 1 saturated carbocycles. The first kappa shape index (κ1) is 18.0. The second-order valence-corrected chi connectivity index (χ2v) is 8.35. The highest BCUT2D eigenvalue weighted by atomic mass is 32.2. The van der Waals surface area contributed by atoms with E-state index in [4.69, 9.17) is 5.73 Å². The Labute approximate surface area is 153 Å². The SMILES string of the molecule is Cc1cccc(-c2nnc(S[C@@H](C)C(N)=O)n2[C@H]2CCCC[C@@H]2C)c1. The van der Waals surface area contributed by atoms with Gasteiger partial charge in [-0.2, -0.15) is 0 Å². The summed E-state index contributed by atoms with van der Waals surface area (Å²) in [6, 6.07) is 8.71. The van der Waals surface area contributed by atoms with Gasteiger partial charge in [0.1, 0.15) is 0 Å². The molecule has 0 bridgehead atoms. The molecule has 1 aromatic heterocycles. The molecular formula is C19H26N4OS. The number of aryl methyl sites for hydroxylation is 1. The topological polar surface area (TPSA) is 73.8 Å². The molecule has 2 aromatic rings. The van der Waals surface area contributed by atoms with Gasteiger partial charge in [0.2, 0.25) is 5.91 Å². The fourth-order valence-corrected chi connectivity index (χ4v) is 4.39. The van der Waals surface area contributed by atoms with E-state index in [9.17, 15) is 4.79 Å². The third-order valence-electron chi connectivity index (χ3n) is 5.02. The third-order valence-corrected chi connectivity index (χ3v) is 6.10. The molecule has 1 aliphatic carbocycles. The van der Waals surface area contributed by atoms with Gasteiger partial charge in [0, 0.05) is 11.6 Å². The van der Waals surface area contributed by atoms with Gasteiger partial charge in [-0.05, 0) is 38.7 Å². The summed E-state index contributed by atoms with van der Waals surface area (Å²) in [7, 11) is 0. The normalized spacial score (nSPS) is 21.9. The number of rotatable bonds is 5. The van der Waals surface area contributed by atoms with Crippen molar-refractivity contribution in [2.75, 3.05) is 0 Å². The zero-order valence-electron chi connectivity index (χ0n) is 15.1. The number of thioether (sulfide) groups is 1. The zero-order valence-corrected chi connectivity index (χ0v) is 15.9. The fraction of sp³-hybridized carbons (Fsp3) is 0.526. The van der Waals surface area contributed by atoms with Gasteiger partial charge >= 0.3 is 0 Å². The lowest BCUT2D eigenvalue weighted by atomic mass is 9.85. The van der Waals surface area contributed by atoms with E-state index in [1.807, 2.05) is 13.0 Å². The number of primary amides is 1. The monoisotopic (exact) mass is 358 g/mol. The Kier molecular flexibility index (Phi) is 5.47. The lowest BCUT2D eigenvalue weighted by molar-refractivity contribution is -0.117. The standard InChI is InChI=1S/C19H26N4OS/c1-12-7-6-9-15(11-12)18-21-22-19(25-14(3)17(20)24)23(18)16-10-5-4-8-13(16)2/h6-7,9,11,13-14,16H,4-5,8,10H2,1-3H3,(H2,20,24)/t13-,14-,16-/m0/s1. The van der Waals surface area contributed by atoms with Crippen LogP contribution in [0.2, 0.25) is 0 Å². The number of aromatic nitrogens is 3. The number of hydrogen-bond donors (Lipinski definition) is 1. The van der Waals surface area contributed by atoms with Gasteiger partial charge in [-0.1, -0.05) is 55.3 Å². The largest absolute Gasteiger partial charge is 0.369 e. The fourth-order valence-electron chi connectivity index (χ4n) is 3.53. The maximum Gasteiger partial charge on any atom is 0.230 e. The predicted molar refractivity (Wildman–Crippen MR) is 101 cm³/mol. The van der Waals surface area contributed by atoms with E-state index in [0.717, 1.165) is 23.0 Å². The number of carbonyl (C=O) groups is 1. The Bertz CT molecular complexity index is 758. The van der Waals surface area contributed by atoms with E-state index in [2.05, 4.69) is 46.8 Å². The lowest BCUT2D eigenvalue weighted by Crippen LogP contribution is -2.25. The summed E-state index contributed by atoms with van der Waals surface area (Å²) >= 11 is 1.41. The van der Waals surface area contributed by atoms with Gasteiger partial charge in [-0.15, -0.1) is 10.2 Å². The van der Waals surface area contributed by atoms with E-state index in [1.54, 1.807) is 0 Å². The number of nitrogens with zero attached hydrogens (tertiary/aromatic N) is 3. The Balaban J connectivity index is 2.05. The van der Waals surface area contributed by atoms with E-state index >= 15 is 0 Å². The predicted octanol–water partition coefficient (Wildman–Crippen LogP) is 3.97. The average Bonchev–Trinajstić information content (AvgIpc) is 2.98. The second kappa shape index (κ2) is 7.60. The van der Waals surface area contributed by atoms with Crippen molar-refractivity contribution in [2.45, 2.75) is 62.9 Å². The van der Waals surface area contributed by atoms with Crippen LogP contribution >= 0.6 is 11.8 Å². The maximum absolute atomic E-state index is 11.5. The molecule has 134 valence electrons. The van der Waals surface area contributed by atoms with E-state index in [1.165, 1.54) is 36.6 Å². The molecule has 5 nitrogen and oxygen atoms in total. The Morgan fingerprint density at radius 3 is 2.76 bits per heavy atom. The molecule has 3 rings (SSSR count). The molecule has 0 radical (unpaired) electrons. The summed E-state index contributed by atoms with van der Waals surface area (Å²) in [5, 5.41) is 9.38. The maximum atomic E-state index is 11.5. The van der Waals surface area contributed by atoms with Gasteiger partial charge < -0.3 is 5.73 Å². The van der Waals surface area contributed by atoms with Crippen LogP contribution in [0.25, 0.3) is 11.4 Å². The van der Waals surface area contributed by atoms with Crippen LogP contribution in [0.5, 0.6) is 0 Å². The minimum absolute atomic E-state index is 0.326. The molecule has 0 saturated heterocycles. The highest BCUT2D eigenvalue weighted by molar-refractivity contribution is 8.00. The molecule has 0 spiro atoms. The van der Waals surface area contributed by atoms with Crippen LogP contribution in [0, 0.1) is 12.8 Å². The van der Waals surface area contributed by atoms with Crippen molar-refractivity contribution in [3.63, 3.8) is 0 Å². The van der Waals surface area contributed by atoms with E-state index in [-0.39, 0.29) is 11.2 Å². The van der Waals surface area contributed by atoms with E-state index < -0.39 is 0 Å². The van der Waals surface area contributed by atoms with Crippen molar-refractivity contribution in [1.82, 2.24) is 14.8 Å². The molecule has 0 aliphatic heterocycles. The Morgan fingerprint density at radius 2 is 2.08 bits per heavy atom. The van der Waals surface area contributed by atoms with Crippen LogP contribution in [0.4, 0.5) is 0 Å². The third kappa shape index (κ3) is 3.89. The molecule has 1 aliphatic rings. The quantitative estimate of drug-likeness (QED) is 0.821. The molecule has 0 unspecified atom stereocenters. The van der Waals surface area contributed by atoms with Crippen molar-refractivity contribution in [3.8, 4) is 11.4 Å². The minimum Gasteiger partial charge on any atom is -0.369 e. The van der Waals surface area contributed by atoms with Crippen LogP contribution in [-0.4, -0.2) is 25.9 Å². The summed E-state index contributed by atoms with van der Waals surface area (Å²) in [6.07, 6.45) is 4.83. The van der Waals surface area contributed by atoms with Gasteiger partial charge in [0.05, 0.1) is 5.25 Å². The molecule has 1 amide bonds. The van der Waals surface area contributed by atoms with Crippen LogP contribution < -0.4 is 5.73 Å². The van der Waals surface area contributed by atoms with Crippen LogP contribution in [0.3, 0.4) is 0 Å². The summed E-state index contributed by atoms with van der Waals surface area (Å²) < 4.78 is 2.25. The number of amides is 1. The summed E-state index contributed by atoms with van der Waals surface area (Å²) in [5.41, 5.74) is 7.73. The van der Waals surface area contributed by atoms with Crippen molar-refractivity contribution >= 4 is 17.7 Å². The van der Waals surface area contributed by atoms with Gasteiger partial charge in [0.25, 0.3) is 0 Å². The highest BCUT2D eigenvalue weighted by Crippen LogP contribution is 2.39. The van der Waals surface area contributed by atoms with Crippen molar-refractivity contribution < 1.29 is 4.79 Å². The minimum atomic E-state index is -0.327. The molecule has 1 aromatic carbocycles. The molecule has 2 N–H and O–H groups in total. The summed E-state index contributed by atoms with van der Waals surface area (Å²) in [4.78, 5) is 11.5. The van der Waals surface area contributed by atoms with Gasteiger partial charge in [-0.25, -0.2) is 0 Å². The average molecular weight is 359 g/mol. The first-order valence-corrected chi connectivity index (χ1v) is 9.83. The van der Waals surface area contributed by atoms with Crippen LogP contribution in [-0.2, 0) is 4.79 Å². The Hall–Kier alpha value is -1.82. The van der Waals surface area contributed by atoms with Crippen molar-refractivity contribution in [2.24, 2.45) is 11.7 Å². The second-order valence-electron chi connectivity index (χ2n) is 7.04. The van der Waals surface area contributed by atoms with Crippen LogP contribution in [0.15, 0.2) is 29.4 Å². The molecular weight excluding hydrogens is 332 g/mol. The highest BCUT2D eigenvalue weighted by Gasteiger charge is 2.29. The van der Waals surface area contributed by atoms with E-state index in [0.29, 0.717) is 12.0 Å². The summed E-state index contributed by atoms with van der Waals surface area (Å²) in [6.45, 7) is 6.21. The van der Waals surface area contributed by atoms with Crippen molar-refractivity contribution in [3.05, 3.63) is 29.8 Å². The molecule has 3 atom stereocenters. The first-order valence-electron chi connectivity index (χ1n) is 8.95. The van der Waals surface area contributed by atoms with Crippen molar-refractivity contribution in [1.29, 1.82) is 0 Å². The number of carbonyl (C=O) groups excluding carboxylic acids is 1. The smallest absolute Gasteiger partial charge is 0.230 e. The number of benzene rings is 1. The molecule has 1 fully saturated rings. The van der Waals surface area contributed by atoms with Gasteiger partial charge in [-0.3, -0.25) is 9.36 Å². The number of hydrogen-bond acceptors (Lipinski definition) is 4. The zero-order chi connectivity index (χ0) is 18.0. The first-order chi connectivity index (χ1) is 12.0. The molecule has 1 heterocycles. The summed E-state index contributed by atoms with van der Waals surface area (Å²) in [5.74, 6) is 1.13. The van der Waals surface area contributed by atoms with Crippen LogP contribution in [0.1, 0.15) is 51.1 Å². The Morgan fingerprint density at radius 1 is 1.32 bits per heavy atom. The molecule has 6 heteroatoms. The lowest BCUT2D eigenvalue weighted by Gasteiger charge is -2.31. The van der Waals surface area contributed by atoms with Gasteiger partial charge in [0.15, 0.2) is 11.0 Å². The molecule has 25 heavy (non-hydrogen) atoms.